The van der Waals surface area contributed by atoms with Gasteiger partial charge in [0.25, 0.3) is 0 Å². The van der Waals surface area contributed by atoms with Gasteiger partial charge in [-0.1, -0.05) is 28.6 Å². The summed E-state index contributed by atoms with van der Waals surface area (Å²) in [7, 11) is 1.44. The quantitative estimate of drug-likeness (QED) is 0.756. The summed E-state index contributed by atoms with van der Waals surface area (Å²) >= 11 is 3.44. The van der Waals surface area contributed by atoms with Crippen molar-refractivity contribution in [1.82, 2.24) is 10.3 Å². The van der Waals surface area contributed by atoms with E-state index in [9.17, 15) is 4.39 Å². The zero-order valence-electron chi connectivity index (χ0n) is 12.0. The number of nitrogens with one attached hydrogen (secondary N) is 1. The van der Waals surface area contributed by atoms with Crippen molar-refractivity contribution in [3.8, 4) is 5.75 Å². The van der Waals surface area contributed by atoms with E-state index in [-0.39, 0.29) is 11.8 Å². The monoisotopic (exact) mass is 342 g/mol. The lowest BCUT2D eigenvalue weighted by atomic mass is 10.1. The fraction of sp³-hybridized carbons (Fsp3) is 0.400. The minimum absolute atomic E-state index is 0.0154. The number of rotatable bonds is 7. The van der Waals surface area contributed by atoms with E-state index in [0.717, 1.165) is 28.7 Å². The molecule has 1 heterocycles. The van der Waals surface area contributed by atoms with Gasteiger partial charge in [-0.3, -0.25) is 4.98 Å². The zero-order chi connectivity index (χ0) is 15.1. The summed E-state index contributed by atoms with van der Waals surface area (Å²) < 4.78 is 19.3. The Labute approximate surface area is 128 Å². The molecule has 5 heteroatoms. The number of ether oxygens (including phenoxy) is 1. The first-order valence-electron chi connectivity index (χ1n) is 6.42. The van der Waals surface area contributed by atoms with Crippen LogP contribution in [0.1, 0.15) is 32.0 Å². The Morgan fingerprint density at radius 2 is 2.35 bits per heavy atom. The largest absolute Gasteiger partial charge is 0.494 e. The molecule has 0 bridgehead atoms. The lowest BCUT2D eigenvalue weighted by Crippen LogP contribution is -2.21. The van der Waals surface area contributed by atoms with Gasteiger partial charge in [0.1, 0.15) is 0 Å². The van der Waals surface area contributed by atoms with Crippen molar-refractivity contribution in [2.24, 2.45) is 0 Å². The van der Waals surface area contributed by atoms with Crippen molar-refractivity contribution in [2.75, 3.05) is 13.7 Å². The number of hydrogen-bond acceptors (Lipinski definition) is 3. The molecule has 110 valence electrons. The van der Waals surface area contributed by atoms with Crippen LogP contribution < -0.4 is 10.1 Å². The molecule has 0 fully saturated rings. The average Bonchev–Trinajstić information content (AvgIpc) is 2.46. The molecule has 0 aliphatic carbocycles. The van der Waals surface area contributed by atoms with E-state index >= 15 is 0 Å². The summed E-state index contributed by atoms with van der Waals surface area (Å²) in [6.07, 6.45) is 3.98. The van der Waals surface area contributed by atoms with Crippen LogP contribution in [0.3, 0.4) is 0 Å². The van der Waals surface area contributed by atoms with Crippen molar-refractivity contribution in [2.45, 2.75) is 26.3 Å². The number of hydrogen-bond donors (Lipinski definition) is 1. The number of methoxy groups -OCH3 is 1. The lowest BCUT2D eigenvalue weighted by Gasteiger charge is -2.15. The SMILES string of the molecule is C=C(CCNC(C)c1cc(OC)c(F)cn1)/C(Br)=C\C. The first-order valence-corrected chi connectivity index (χ1v) is 7.21. The Morgan fingerprint density at radius 1 is 1.65 bits per heavy atom. The summed E-state index contributed by atoms with van der Waals surface area (Å²) in [5, 5.41) is 3.33. The maximum absolute atomic E-state index is 13.3. The van der Waals surface area contributed by atoms with Crippen LogP contribution in [0.5, 0.6) is 5.75 Å². The van der Waals surface area contributed by atoms with Gasteiger partial charge in [-0.2, -0.15) is 0 Å². The molecule has 20 heavy (non-hydrogen) atoms. The first kappa shape index (κ1) is 16.9. The third kappa shape index (κ3) is 4.72. The second-order valence-electron chi connectivity index (χ2n) is 4.41. The molecule has 3 nitrogen and oxygen atoms in total. The standard InChI is InChI=1S/C15H20BrFN2O/c1-5-12(16)10(2)6-7-18-11(3)14-8-15(20-4)13(17)9-19-14/h5,8-9,11,18H,2,6-7H2,1,3-4H3/b12-5+. The van der Waals surface area contributed by atoms with Crippen molar-refractivity contribution in [3.63, 3.8) is 0 Å². The molecule has 0 aliphatic rings. The number of allylic oxidation sites excluding steroid dienone is 2. The number of aromatic nitrogens is 1. The highest BCUT2D eigenvalue weighted by Gasteiger charge is 2.11. The second-order valence-corrected chi connectivity index (χ2v) is 5.26. The molecule has 1 aromatic heterocycles. The van der Waals surface area contributed by atoms with Gasteiger partial charge in [-0.05, 0) is 32.4 Å². The molecule has 0 saturated carbocycles. The topological polar surface area (TPSA) is 34.1 Å². The molecule has 1 aromatic rings. The molecule has 0 saturated heterocycles. The lowest BCUT2D eigenvalue weighted by molar-refractivity contribution is 0.382. The van der Waals surface area contributed by atoms with Gasteiger partial charge in [0.2, 0.25) is 0 Å². The van der Waals surface area contributed by atoms with E-state index in [1.165, 1.54) is 13.3 Å². The summed E-state index contributed by atoms with van der Waals surface area (Å²) in [6.45, 7) is 8.70. The predicted octanol–water partition coefficient (Wildman–Crippen LogP) is 4.12. The summed E-state index contributed by atoms with van der Waals surface area (Å²) in [6, 6.07) is 1.63. The smallest absolute Gasteiger partial charge is 0.183 e. The normalized spacial score (nSPS) is 13.2. The molecule has 1 N–H and O–H groups in total. The maximum atomic E-state index is 13.3. The van der Waals surface area contributed by atoms with Crippen molar-refractivity contribution in [1.29, 1.82) is 0 Å². The minimum Gasteiger partial charge on any atom is -0.494 e. The Morgan fingerprint density at radius 3 is 2.95 bits per heavy atom. The molecule has 0 amide bonds. The molecular formula is C15H20BrFN2O. The minimum atomic E-state index is -0.450. The van der Waals surface area contributed by atoms with Crippen LogP contribution in [-0.2, 0) is 0 Å². The molecule has 1 rings (SSSR count). The first-order chi connectivity index (χ1) is 9.49. The predicted molar refractivity (Wildman–Crippen MR) is 83.6 cm³/mol. The van der Waals surface area contributed by atoms with Crippen LogP contribution in [-0.4, -0.2) is 18.6 Å². The van der Waals surface area contributed by atoms with Gasteiger partial charge < -0.3 is 10.1 Å². The van der Waals surface area contributed by atoms with Gasteiger partial charge in [-0.15, -0.1) is 0 Å². The number of nitrogens with zero attached hydrogens (tertiary/aromatic N) is 1. The second kappa shape index (κ2) is 8.17. The van der Waals surface area contributed by atoms with E-state index in [2.05, 4.69) is 32.8 Å². The third-order valence-corrected chi connectivity index (χ3v) is 3.99. The van der Waals surface area contributed by atoms with Crippen LogP contribution >= 0.6 is 15.9 Å². The average molecular weight is 343 g/mol. The molecule has 0 aliphatic heterocycles. The Balaban J connectivity index is 2.55. The van der Waals surface area contributed by atoms with Crippen molar-refractivity contribution in [3.05, 3.63) is 46.5 Å². The molecule has 1 unspecified atom stereocenters. The van der Waals surface area contributed by atoms with Gasteiger partial charge >= 0.3 is 0 Å². The van der Waals surface area contributed by atoms with E-state index in [0.29, 0.717) is 0 Å². The molecule has 0 aromatic carbocycles. The van der Waals surface area contributed by atoms with E-state index in [1.807, 2.05) is 19.9 Å². The van der Waals surface area contributed by atoms with Gasteiger partial charge in [-0.25, -0.2) is 4.39 Å². The number of halogens is 2. The maximum Gasteiger partial charge on any atom is 0.183 e. The molecule has 1 atom stereocenters. The fourth-order valence-corrected chi connectivity index (χ4v) is 1.89. The summed E-state index contributed by atoms with van der Waals surface area (Å²) in [5.74, 6) is -0.237. The van der Waals surface area contributed by atoms with Gasteiger partial charge in [0, 0.05) is 16.6 Å². The Hall–Kier alpha value is -1.20. The van der Waals surface area contributed by atoms with Gasteiger partial charge in [0.05, 0.1) is 19.0 Å². The van der Waals surface area contributed by atoms with Crippen LogP contribution in [0, 0.1) is 5.82 Å². The summed E-state index contributed by atoms with van der Waals surface area (Å²) in [4.78, 5) is 4.08. The van der Waals surface area contributed by atoms with E-state index in [1.54, 1.807) is 6.07 Å². The zero-order valence-corrected chi connectivity index (χ0v) is 13.6. The van der Waals surface area contributed by atoms with Crippen LogP contribution in [0.25, 0.3) is 0 Å². The van der Waals surface area contributed by atoms with Crippen molar-refractivity contribution >= 4 is 15.9 Å². The molecule has 0 spiro atoms. The molecule has 0 radical (unpaired) electrons. The van der Waals surface area contributed by atoms with E-state index in [4.69, 9.17) is 4.74 Å². The highest BCUT2D eigenvalue weighted by molar-refractivity contribution is 9.12. The van der Waals surface area contributed by atoms with Crippen LogP contribution in [0.4, 0.5) is 4.39 Å². The van der Waals surface area contributed by atoms with Crippen molar-refractivity contribution < 1.29 is 9.13 Å². The highest BCUT2D eigenvalue weighted by atomic mass is 79.9. The van der Waals surface area contributed by atoms with Crippen LogP contribution in [0.2, 0.25) is 0 Å². The number of pyridine rings is 1. The fourth-order valence-electron chi connectivity index (χ4n) is 1.70. The van der Waals surface area contributed by atoms with Crippen LogP contribution in [0.15, 0.2) is 35.0 Å². The van der Waals surface area contributed by atoms with E-state index < -0.39 is 5.82 Å². The Kier molecular flexibility index (Phi) is 6.88. The highest BCUT2D eigenvalue weighted by Crippen LogP contribution is 2.21. The third-order valence-electron chi connectivity index (χ3n) is 2.97. The van der Waals surface area contributed by atoms with Gasteiger partial charge in [0.15, 0.2) is 11.6 Å². The summed E-state index contributed by atoms with van der Waals surface area (Å²) in [5.41, 5.74) is 1.79. The molecular weight excluding hydrogens is 323 g/mol. The Bertz CT molecular complexity index is 503.